The average molecular weight is 286 g/mol. The highest BCUT2D eigenvalue weighted by atomic mass is 16.3. The molecule has 2 fully saturated rings. The lowest BCUT2D eigenvalue weighted by molar-refractivity contribution is -0.0293. The highest BCUT2D eigenvalue weighted by Gasteiger charge is 2.55. The molecule has 1 N–H and O–H groups in total. The molecule has 0 heterocycles. The van der Waals surface area contributed by atoms with Crippen LogP contribution in [0.1, 0.15) is 65.7 Å². The van der Waals surface area contributed by atoms with Crippen LogP contribution < -0.4 is 0 Å². The first-order valence-electron chi connectivity index (χ1n) is 9.00. The van der Waals surface area contributed by atoms with E-state index in [4.69, 9.17) is 0 Å². The minimum Gasteiger partial charge on any atom is -0.393 e. The van der Waals surface area contributed by atoms with E-state index in [2.05, 4.69) is 32.9 Å². The molecule has 0 radical (unpaired) electrons. The highest BCUT2D eigenvalue weighted by Crippen LogP contribution is 2.64. The van der Waals surface area contributed by atoms with E-state index in [1.807, 2.05) is 0 Å². The molecule has 0 aromatic rings. The Bertz CT molecular complexity index is 516. The van der Waals surface area contributed by atoms with Crippen LogP contribution in [0.5, 0.6) is 0 Å². The lowest BCUT2D eigenvalue weighted by Crippen LogP contribution is -2.49. The molecule has 4 aliphatic rings. The molecule has 0 spiro atoms. The van der Waals surface area contributed by atoms with Crippen LogP contribution in [-0.2, 0) is 0 Å². The minimum atomic E-state index is -0.0786. The topological polar surface area (TPSA) is 20.2 Å². The average Bonchev–Trinajstić information content (AvgIpc) is 2.76. The Morgan fingerprint density at radius 2 is 1.76 bits per heavy atom. The predicted molar refractivity (Wildman–Crippen MR) is 86.8 cm³/mol. The van der Waals surface area contributed by atoms with Crippen LogP contribution in [0.4, 0.5) is 0 Å². The fourth-order valence-corrected chi connectivity index (χ4v) is 6.42. The van der Waals surface area contributed by atoms with Gasteiger partial charge < -0.3 is 5.11 Å². The van der Waals surface area contributed by atoms with Gasteiger partial charge in [-0.15, -0.1) is 0 Å². The summed E-state index contributed by atoms with van der Waals surface area (Å²) >= 11 is 0. The molecule has 4 aliphatic carbocycles. The summed E-state index contributed by atoms with van der Waals surface area (Å²) in [5.74, 6) is 2.61. The van der Waals surface area contributed by atoms with E-state index >= 15 is 0 Å². The minimum absolute atomic E-state index is 0.0786. The Morgan fingerprint density at radius 1 is 1.00 bits per heavy atom. The van der Waals surface area contributed by atoms with Gasteiger partial charge >= 0.3 is 0 Å². The van der Waals surface area contributed by atoms with Gasteiger partial charge in [0.15, 0.2) is 0 Å². The maximum atomic E-state index is 10.0. The molecule has 1 heteroatoms. The molecule has 0 unspecified atom stereocenters. The molecular formula is C20H30O. The Kier molecular flexibility index (Phi) is 2.99. The van der Waals surface area contributed by atoms with E-state index < -0.39 is 0 Å². The first-order valence-corrected chi connectivity index (χ1v) is 9.00. The second-order valence-corrected chi connectivity index (χ2v) is 8.73. The van der Waals surface area contributed by atoms with E-state index in [-0.39, 0.29) is 6.10 Å². The summed E-state index contributed by atoms with van der Waals surface area (Å²) in [5, 5.41) is 10.0. The van der Waals surface area contributed by atoms with Crippen molar-refractivity contribution in [2.24, 2.45) is 28.6 Å². The van der Waals surface area contributed by atoms with Crippen LogP contribution in [0, 0.1) is 28.6 Å². The molecule has 1 nitrogen and oxygen atoms in total. The molecule has 0 amide bonds. The van der Waals surface area contributed by atoms with Crippen molar-refractivity contribution in [3.05, 3.63) is 23.3 Å². The summed E-state index contributed by atoms with van der Waals surface area (Å²) in [5.41, 5.74) is 4.12. The summed E-state index contributed by atoms with van der Waals surface area (Å²) < 4.78 is 0. The number of allylic oxidation sites excluding steroid dienone is 3. The van der Waals surface area contributed by atoms with Gasteiger partial charge in [-0.2, -0.15) is 0 Å². The number of aliphatic hydroxyl groups excluding tert-OH is 1. The summed E-state index contributed by atoms with van der Waals surface area (Å²) in [7, 11) is 0. The molecule has 0 aromatic heterocycles. The fourth-order valence-electron chi connectivity index (χ4n) is 6.42. The van der Waals surface area contributed by atoms with Crippen molar-refractivity contribution in [2.75, 3.05) is 0 Å². The normalized spacial score (nSPS) is 52.4. The van der Waals surface area contributed by atoms with Crippen LogP contribution >= 0.6 is 0 Å². The summed E-state index contributed by atoms with van der Waals surface area (Å²) in [6.45, 7) is 7.40. The second-order valence-electron chi connectivity index (χ2n) is 8.73. The van der Waals surface area contributed by atoms with Gasteiger partial charge in [0.05, 0.1) is 6.10 Å². The third-order valence-corrected chi connectivity index (χ3v) is 8.05. The van der Waals surface area contributed by atoms with Crippen molar-refractivity contribution in [2.45, 2.75) is 71.8 Å². The largest absolute Gasteiger partial charge is 0.393 e. The first-order chi connectivity index (χ1) is 9.95. The van der Waals surface area contributed by atoms with Gasteiger partial charge in [-0.25, -0.2) is 0 Å². The van der Waals surface area contributed by atoms with Crippen molar-refractivity contribution < 1.29 is 5.11 Å². The third kappa shape index (κ3) is 1.79. The quantitative estimate of drug-likeness (QED) is 0.630. The Labute approximate surface area is 129 Å². The summed E-state index contributed by atoms with van der Waals surface area (Å²) in [6.07, 6.45) is 13.5. The monoisotopic (exact) mass is 286 g/mol. The fraction of sp³-hybridized carbons (Fsp3) is 0.800. The van der Waals surface area contributed by atoms with Crippen molar-refractivity contribution in [3.8, 4) is 0 Å². The van der Waals surface area contributed by atoms with E-state index in [1.165, 1.54) is 32.1 Å². The van der Waals surface area contributed by atoms with E-state index in [0.29, 0.717) is 10.8 Å². The van der Waals surface area contributed by atoms with Crippen LogP contribution in [0.3, 0.4) is 0 Å². The smallest absolute Gasteiger partial charge is 0.0577 e. The highest BCUT2D eigenvalue weighted by molar-refractivity contribution is 5.29. The lowest BCUT2D eigenvalue weighted by atomic mass is 9.47. The number of aliphatic hydroxyl groups is 1. The Morgan fingerprint density at radius 3 is 2.57 bits per heavy atom. The van der Waals surface area contributed by atoms with Crippen LogP contribution in [0.15, 0.2) is 23.3 Å². The zero-order valence-corrected chi connectivity index (χ0v) is 13.9. The molecule has 116 valence electrons. The van der Waals surface area contributed by atoms with Gasteiger partial charge in [0.2, 0.25) is 0 Å². The van der Waals surface area contributed by atoms with Crippen molar-refractivity contribution in [1.82, 2.24) is 0 Å². The standard InChI is InChI=1S/C20H30O/c1-13-4-7-17-16-6-5-14-12-15(21)8-10-20(14,3)18(16)9-11-19(13,17)2/h4-5,15-18,21H,6-12H2,1-3H3/t15-,16-,17-,18-,19+,20-/m0/s1. The molecule has 2 saturated carbocycles. The first kappa shape index (κ1) is 14.1. The number of hydrogen-bond acceptors (Lipinski definition) is 1. The van der Waals surface area contributed by atoms with E-state index in [9.17, 15) is 5.11 Å². The van der Waals surface area contributed by atoms with E-state index in [1.54, 1.807) is 11.1 Å². The van der Waals surface area contributed by atoms with Crippen molar-refractivity contribution >= 4 is 0 Å². The predicted octanol–water partition coefficient (Wildman–Crippen LogP) is 4.87. The van der Waals surface area contributed by atoms with Gasteiger partial charge in [-0.3, -0.25) is 0 Å². The maximum absolute atomic E-state index is 10.0. The Hall–Kier alpha value is -0.560. The molecular weight excluding hydrogens is 256 g/mol. The molecule has 4 rings (SSSR count). The molecule has 6 atom stereocenters. The van der Waals surface area contributed by atoms with Gasteiger partial charge in [0.1, 0.15) is 0 Å². The summed E-state index contributed by atoms with van der Waals surface area (Å²) in [6, 6.07) is 0. The summed E-state index contributed by atoms with van der Waals surface area (Å²) in [4.78, 5) is 0. The Balaban J connectivity index is 1.68. The van der Waals surface area contributed by atoms with Gasteiger partial charge in [0.25, 0.3) is 0 Å². The van der Waals surface area contributed by atoms with Gasteiger partial charge in [-0.05, 0) is 80.5 Å². The van der Waals surface area contributed by atoms with Gasteiger partial charge in [-0.1, -0.05) is 37.1 Å². The van der Waals surface area contributed by atoms with Crippen LogP contribution in [0.25, 0.3) is 0 Å². The van der Waals surface area contributed by atoms with Crippen molar-refractivity contribution in [3.63, 3.8) is 0 Å². The third-order valence-electron chi connectivity index (χ3n) is 8.05. The maximum Gasteiger partial charge on any atom is 0.0577 e. The zero-order valence-electron chi connectivity index (χ0n) is 13.9. The SMILES string of the molecule is CC1=CC[C@H]2[C@@H]3CC=C4C[C@@H](O)CC[C@]4(C)[C@H]3CC[C@]12C. The van der Waals surface area contributed by atoms with Crippen LogP contribution in [0.2, 0.25) is 0 Å². The van der Waals surface area contributed by atoms with E-state index in [0.717, 1.165) is 30.6 Å². The molecule has 0 bridgehead atoms. The lowest BCUT2D eigenvalue weighted by Gasteiger charge is -2.57. The molecule has 21 heavy (non-hydrogen) atoms. The number of fused-ring (bicyclic) bond motifs is 5. The number of hydrogen-bond donors (Lipinski definition) is 1. The second kappa shape index (κ2) is 4.47. The molecule has 0 saturated heterocycles. The molecule has 0 aromatic carbocycles. The van der Waals surface area contributed by atoms with Crippen LogP contribution in [-0.4, -0.2) is 11.2 Å². The van der Waals surface area contributed by atoms with Gasteiger partial charge in [0, 0.05) is 0 Å². The number of rotatable bonds is 0. The zero-order chi connectivity index (χ0) is 14.8. The van der Waals surface area contributed by atoms with Crippen molar-refractivity contribution in [1.29, 1.82) is 0 Å². The molecule has 0 aliphatic heterocycles.